The van der Waals surface area contributed by atoms with Gasteiger partial charge in [-0.25, -0.2) is 8.78 Å². The fourth-order valence-electron chi connectivity index (χ4n) is 1.08. The summed E-state index contributed by atoms with van der Waals surface area (Å²) in [5.41, 5.74) is -0.0446. The summed E-state index contributed by atoms with van der Waals surface area (Å²) < 4.78 is 34.8. The zero-order valence-electron chi connectivity index (χ0n) is 8.07. The lowest BCUT2D eigenvalue weighted by molar-refractivity contribution is 0.383. The number of methoxy groups -OCH3 is 1. The molecule has 0 aliphatic rings. The molecule has 2 aromatic rings. The van der Waals surface area contributed by atoms with Gasteiger partial charge in [0.25, 0.3) is 0 Å². The second kappa shape index (κ2) is 4.35. The third-order valence-corrected chi connectivity index (χ3v) is 2.29. The molecule has 0 saturated heterocycles. The zero-order chi connectivity index (χ0) is 11.5. The molecule has 0 fully saturated rings. The number of nitrogens with one attached hydrogen (secondary N) is 1. The topological polar surface area (TPSA) is 59.9 Å². The molecular formula is C8H6F2N4OS. The van der Waals surface area contributed by atoms with Crippen LogP contribution in [-0.4, -0.2) is 21.9 Å². The molecule has 0 unspecified atom stereocenters. The van der Waals surface area contributed by atoms with Crippen LogP contribution in [0.4, 0.5) is 19.6 Å². The molecule has 1 aromatic carbocycles. The smallest absolute Gasteiger partial charge is 0.229 e. The second-order valence-electron chi connectivity index (χ2n) is 2.76. The monoisotopic (exact) mass is 244 g/mol. The maximum Gasteiger partial charge on any atom is 0.229 e. The molecule has 0 saturated carbocycles. The number of benzene rings is 1. The highest BCUT2D eigenvalue weighted by Gasteiger charge is 2.11. The molecule has 0 spiro atoms. The molecule has 8 heteroatoms. The first kappa shape index (κ1) is 10.7. The van der Waals surface area contributed by atoms with Crippen molar-refractivity contribution in [3.63, 3.8) is 0 Å². The van der Waals surface area contributed by atoms with E-state index >= 15 is 0 Å². The van der Waals surface area contributed by atoms with E-state index in [0.29, 0.717) is 0 Å². The van der Waals surface area contributed by atoms with E-state index in [2.05, 4.69) is 24.9 Å². The van der Waals surface area contributed by atoms with Crippen molar-refractivity contribution in [2.24, 2.45) is 0 Å². The van der Waals surface area contributed by atoms with Gasteiger partial charge in [0.2, 0.25) is 5.13 Å². The number of hydrogen-bond donors (Lipinski definition) is 1. The minimum absolute atomic E-state index is 0.0446. The van der Waals surface area contributed by atoms with Gasteiger partial charge in [0, 0.05) is 23.7 Å². The molecule has 0 aliphatic carbocycles. The molecule has 84 valence electrons. The van der Waals surface area contributed by atoms with E-state index in [-0.39, 0.29) is 16.6 Å². The Morgan fingerprint density at radius 2 is 2.12 bits per heavy atom. The van der Waals surface area contributed by atoms with E-state index in [1.807, 2.05) is 0 Å². The number of anilines is 2. The first-order valence-electron chi connectivity index (χ1n) is 4.16. The maximum atomic E-state index is 13.4. The molecule has 0 aliphatic heterocycles. The Bertz CT molecular complexity index is 491. The Morgan fingerprint density at radius 3 is 2.75 bits per heavy atom. The first-order chi connectivity index (χ1) is 7.70. The average Bonchev–Trinajstić information content (AvgIpc) is 2.75. The summed E-state index contributed by atoms with van der Waals surface area (Å²) in [6.45, 7) is 0. The summed E-state index contributed by atoms with van der Waals surface area (Å²) in [4.78, 5) is 0. The van der Waals surface area contributed by atoms with Crippen molar-refractivity contribution in [3.05, 3.63) is 23.8 Å². The lowest BCUT2D eigenvalue weighted by atomic mass is 10.2. The van der Waals surface area contributed by atoms with Crippen molar-refractivity contribution >= 4 is 22.4 Å². The minimum Gasteiger partial charge on any atom is -0.494 e. The van der Waals surface area contributed by atoms with Gasteiger partial charge in [0.05, 0.1) is 12.8 Å². The number of hydrogen-bond acceptors (Lipinski definition) is 6. The van der Waals surface area contributed by atoms with Crippen molar-refractivity contribution in [1.82, 2.24) is 14.8 Å². The summed E-state index contributed by atoms with van der Waals surface area (Å²) in [5, 5.41) is 9.71. The van der Waals surface area contributed by atoms with Crippen LogP contribution in [0.2, 0.25) is 0 Å². The molecule has 5 nitrogen and oxygen atoms in total. The van der Waals surface area contributed by atoms with Crippen molar-refractivity contribution in [2.75, 3.05) is 12.4 Å². The molecule has 0 amide bonds. The van der Waals surface area contributed by atoms with Crippen molar-refractivity contribution in [3.8, 4) is 5.75 Å². The van der Waals surface area contributed by atoms with Gasteiger partial charge < -0.3 is 10.1 Å². The fourth-order valence-corrected chi connectivity index (χ4v) is 1.46. The van der Waals surface area contributed by atoms with Crippen molar-refractivity contribution in [1.29, 1.82) is 0 Å². The molecule has 16 heavy (non-hydrogen) atoms. The van der Waals surface area contributed by atoms with Crippen LogP contribution in [0.15, 0.2) is 12.1 Å². The maximum absolute atomic E-state index is 13.4. The van der Waals surface area contributed by atoms with E-state index < -0.39 is 11.6 Å². The zero-order valence-corrected chi connectivity index (χ0v) is 8.89. The normalized spacial score (nSPS) is 10.2. The van der Waals surface area contributed by atoms with E-state index in [0.717, 1.165) is 23.7 Å². The van der Waals surface area contributed by atoms with E-state index in [9.17, 15) is 8.78 Å². The van der Waals surface area contributed by atoms with E-state index in [1.165, 1.54) is 7.11 Å². The predicted octanol–water partition coefficient (Wildman–Crippen LogP) is 1.96. The number of ether oxygens (including phenoxy) is 1. The van der Waals surface area contributed by atoms with E-state index in [1.54, 1.807) is 0 Å². The first-order valence-corrected chi connectivity index (χ1v) is 4.93. The van der Waals surface area contributed by atoms with E-state index in [4.69, 9.17) is 0 Å². The standard InChI is InChI=1S/C8H6F2N4OS/c1-15-7-3-4(9)6(2-5(7)10)11-8-12-13-14-16-8/h2-3H,1H3,(H,11,12,14). The third kappa shape index (κ3) is 2.06. The predicted molar refractivity (Wildman–Crippen MR) is 53.9 cm³/mol. The summed E-state index contributed by atoms with van der Waals surface area (Å²) >= 11 is 0.939. The van der Waals surface area contributed by atoms with Crippen LogP contribution in [0.1, 0.15) is 0 Å². The highest BCUT2D eigenvalue weighted by Crippen LogP contribution is 2.26. The van der Waals surface area contributed by atoms with Gasteiger partial charge in [-0.05, 0) is 5.21 Å². The van der Waals surface area contributed by atoms with Gasteiger partial charge in [-0.3, -0.25) is 0 Å². The van der Waals surface area contributed by atoms with Gasteiger partial charge in [-0.1, -0.05) is 9.59 Å². The van der Waals surface area contributed by atoms with Gasteiger partial charge >= 0.3 is 0 Å². The van der Waals surface area contributed by atoms with Crippen LogP contribution in [0, 0.1) is 11.6 Å². The number of nitrogens with zero attached hydrogens (tertiary/aromatic N) is 3. The van der Waals surface area contributed by atoms with Crippen LogP contribution in [0.25, 0.3) is 0 Å². The largest absolute Gasteiger partial charge is 0.494 e. The molecule has 2 rings (SSSR count). The van der Waals surface area contributed by atoms with Gasteiger partial charge in [0.1, 0.15) is 0 Å². The lowest BCUT2D eigenvalue weighted by Gasteiger charge is -2.06. The fraction of sp³-hybridized carbons (Fsp3) is 0.125. The summed E-state index contributed by atoms with van der Waals surface area (Å²) in [5.74, 6) is -1.46. The molecule has 1 N–H and O–H groups in total. The van der Waals surface area contributed by atoms with Crippen LogP contribution < -0.4 is 10.1 Å². The minimum atomic E-state index is -0.663. The van der Waals surface area contributed by atoms with Crippen LogP contribution >= 0.6 is 11.5 Å². The molecule has 1 aromatic heterocycles. The highest BCUT2D eigenvalue weighted by atomic mass is 32.1. The lowest BCUT2D eigenvalue weighted by Crippen LogP contribution is -1.97. The summed E-state index contributed by atoms with van der Waals surface area (Å²) in [6, 6.07) is 1.93. The number of halogens is 2. The Labute approximate surface area is 93.2 Å². The number of rotatable bonds is 3. The highest BCUT2D eigenvalue weighted by molar-refractivity contribution is 7.09. The Morgan fingerprint density at radius 1 is 1.31 bits per heavy atom. The van der Waals surface area contributed by atoms with Crippen LogP contribution in [0.3, 0.4) is 0 Å². The third-order valence-electron chi connectivity index (χ3n) is 1.78. The van der Waals surface area contributed by atoms with Crippen LogP contribution in [-0.2, 0) is 0 Å². The van der Waals surface area contributed by atoms with Gasteiger partial charge in [-0.15, -0.1) is 0 Å². The number of aromatic nitrogens is 3. The van der Waals surface area contributed by atoms with Gasteiger partial charge in [-0.2, -0.15) is 0 Å². The van der Waals surface area contributed by atoms with Crippen LogP contribution in [0.5, 0.6) is 5.75 Å². The quantitative estimate of drug-likeness (QED) is 0.894. The second-order valence-corrected chi connectivity index (χ2v) is 3.49. The molecule has 1 heterocycles. The Hall–Kier alpha value is -1.83. The molecule has 0 bridgehead atoms. The van der Waals surface area contributed by atoms with Crippen molar-refractivity contribution in [2.45, 2.75) is 0 Å². The Balaban J connectivity index is 2.31. The molecular weight excluding hydrogens is 238 g/mol. The molecule has 0 radical (unpaired) electrons. The Kier molecular flexibility index (Phi) is 2.91. The summed E-state index contributed by atoms with van der Waals surface area (Å²) in [6.07, 6.45) is 0. The van der Waals surface area contributed by atoms with Gasteiger partial charge in [0.15, 0.2) is 17.4 Å². The summed E-state index contributed by atoms with van der Waals surface area (Å²) in [7, 11) is 1.26. The van der Waals surface area contributed by atoms with Crippen molar-refractivity contribution < 1.29 is 13.5 Å². The molecule has 0 atom stereocenters. The average molecular weight is 244 g/mol. The SMILES string of the molecule is COc1cc(F)c(Nc2nnns2)cc1F.